The number of rotatable bonds is 4. The van der Waals surface area contributed by atoms with Crippen molar-refractivity contribution in [1.82, 2.24) is 0 Å². The van der Waals surface area contributed by atoms with Crippen LogP contribution in [-0.4, -0.2) is 68.0 Å². The lowest BCUT2D eigenvalue weighted by atomic mass is 9.99. The minimum Gasteiger partial charge on any atom is -0.504 e. The van der Waals surface area contributed by atoms with E-state index in [1.807, 2.05) is 0 Å². The second-order valence-electron chi connectivity index (χ2n) is 7.15. The number of hydrogen-bond acceptors (Lipinski definition) is 10. The van der Waals surface area contributed by atoms with Crippen molar-refractivity contribution in [2.45, 2.75) is 30.7 Å². The molecular weight excluding hydrogens is 412 g/mol. The van der Waals surface area contributed by atoms with Gasteiger partial charge in [-0.15, -0.1) is 0 Å². The summed E-state index contributed by atoms with van der Waals surface area (Å²) in [6, 6.07) is 9.67. The maximum absolute atomic E-state index is 12.3. The van der Waals surface area contributed by atoms with E-state index in [9.17, 15) is 35.4 Å². The van der Waals surface area contributed by atoms with E-state index in [2.05, 4.69) is 0 Å². The average molecular weight is 432 g/mol. The monoisotopic (exact) mass is 432 g/mol. The van der Waals surface area contributed by atoms with E-state index >= 15 is 0 Å². The van der Waals surface area contributed by atoms with Gasteiger partial charge in [-0.2, -0.15) is 0 Å². The molecule has 1 fully saturated rings. The first-order valence-electron chi connectivity index (χ1n) is 9.36. The van der Waals surface area contributed by atoms with Crippen LogP contribution in [0.25, 0.3) is 22.3 Å². The number of benzene rings is 2. The second-order valence-corrected chi connectivity index (χ2v) is 7.15. The van der Waals surface area contributed by atoms with Gasteiger partial charge < -0.3 is 44.5 Å². The van der Waals surface area contributed by atoms with Gasteiger partial charge in [-0.3, -0.25) is 4.79 Å². The van der Waals surface area contributed by atoms with Crippen LogP contribution in [0.1, 0.15) is 0 Å². The number of ether oxygens (including phenoxy) is 2. The molecule has 0 unspecified atom stereocenters. The van der Waals surface area contributed by atoms with Gasteiger partial charge in [0.25, 0.3) is 0 Å². The molecule has 2 aromatic carbocycles. The molecule has 3 aromatic rings. The molecule has 1 aliphatic rings. The summed E-state index contributed by atoms with van der Waals surface area (Å²) in [4.78, 5) is 12.3. The quantitative estimate of drug-likeness (QED) is 0.310. The summed E-state index contributed by atoms with van der Waals surface area (Å²) >= 11 is 0. The summed E-state index contributed by atoms with van der Waals surface area (Å²) in [5.74, 6) is -0.390. The molecule has 0 spiro atoms. The van der Waals surface area contributed by atoms with Crippen LogP contribution in [0.5, 0.6) is 17.2 Å². The number of aliphatic hydroxyl groups excluding tert-OH is 4. The highest BCUT2D eigenvalue weighted by atomic mass is 16.7. The Hall–Kier alpha value is -3.15. The smallest absolute Gasteiger partial charge is 0.229 e. The number of phenolic OH excluding ortho intramolecular Hbond substituents is 2. The topological polar surface area (TPSA) is 170 Å². The first kappa shape index (κ1) is 21.1. The predicted molar refractivity (Wildman–Crippen MR) is 106 cm³/mol. The zero-order valence-corrected chi connectivity index (χ0v) is 16.0. The van der Waals surface area contributed by atoms with Gasteiger partial charge in [0.05, 0.1) is 12.0 Å². The molecule has 1 saturated heterocycles. The van der Waals surface area contributed by atoms with E-state index in [1.165, 1.54) is 18.2 Å². The molecule has 10 heteroatoms. The molecular formula is C21H20O10. The van der Waals surface area contributed by atoms with Crippen molar-refractivity contribution in [2.75, 3.05) is 6.61 Å². The van der Waals surface area contributed by atoms with Crippen molar-refractivity contribution in [1.29, 1.82) is 0 Å². The Kier molecular flexibility index (Phi) is 5.56. The van der Waals surface area contributed by atoms with Crippen molar-refractivity contribution in [3.63, 3.8) is 0 Å². The molecule has 10 nitrogen and oxygen atoms in total. The molecule has 0 saturated carbocycles. The molecule has 0 bridgehead atoms. The lowest BCUT2D eigenvalue weighted by molar-refractivity contribution is -0.277. The summed E-state index contributed by atoms with van der Waals surface area (Å²) < 4.78 is 16.5. The fraction of sp³-hybridized carbons (Fsp3) is 0.286. The van der Waals surface area contributed by atoms with E-state index < -0.39 is 54.2 Å². The van der Waals surface area contributed by atoms with Gasteiger partial charge in [-0.1, -0.05) is 0 Å². The molecule has 0 radical (unpaired) electrons. The molecule has 0 amide bonds. The van der Waals surface area contributed by atoms with Crippen LogP contribution in [0.2, 0.25) is 0 Å². The molecule has 5 atom stereocenters. The third-order valence-electron chi connectivity index (χ3n) is 5.06. The largest absolute Gasteiger partial charge is 0.504 e. The molecule has 31 heavy (non-hydrogen) atoms. The first-order chi connectivity index (χ1) is 14.8. The molecule has 164 valence electrons. The van der Waals surface area contributed by atoms with E-state index in [1.54, 1.807) is 12.1 Å². The zero-order valence-electron chi connectivity index (χ0n) is 16.0. The maximum Gasteiger partial charge on any atom is 0.229 e. The summed E-state index contributed by atoms with van der Waals surface area (Å²) in [6.45, 7) is -0.571. The maximum atomic E-state index is 12.3. The van der Waals surface area contributed by atoms with Gasteiger partial charge in [0.15, 0.2) is 16.9 Å². The van der Waals surface area contributed by atoms with Crippen LogP contribution in [0.3, 0.4) is 0 Å². The first-order valence-corrected chi connectivity index (χ1v) is 9.36. The minimum atomic E-state index is -1.56. The molecule has 1 aliphatic heterocycles. The van der Waals surface area contributed by atoms with Gasteiger partial charge in [0, 0.05) is 17.7 Å². The van der Waals surface area contributed by atoms with Crippen LogP contribution in [0.15, 0.2) is 51.7 Å². The third kappa shape index (κ3) is 3.94. The Balaban J connectivity index is 1.57. The Morgan fingerprint density at radius 1 is 0.903 bits per heavy atom. The van der Waals surface area contributed by atoms with Crippen molar-refractivity contribution in [3.05, 3.63) is 52.7 Å². The van der Waals surface area contributed by atoms with E-state index in [4.69, 9.17) is 13.9 Å². The number of hydrogen-bond donors (Lipinski definition) is 6. The van der Waals surface area contributed by atoms with Crippen molar-refractivity contribution in [2.24, 2.45) is 0 Å². The van der Waals surface area contributed by atoms with Crippen molar-refractivity contribution >= 4 is 11.0 Å². The standard InChI is InChI=1S/C21H20O10/c22-8-17-18(26)19(27)20(28)21(31-17)29-10-3-1-9(2-4-10)15-6-12(23)11-5-13(24)14(25)7-16(11)30-15/h1-7,17-22,24-28H,8H2/t17-,18-,19-,20-,21-/m1/s1. The van der Waals surface area contributed by atoms with E-state index in [-0.39, 0.29) is 22.5 Å². The Labute approximate surface area is 174 Å². The van der Waals surface area contributed by atoms with E-state index in [0.29, 0.717) is 5.56 Å². The van der Waals surface area contributed by atoms with Gasteiger partial charge >= 0.3 is 0 Å². The number of aliphatic hydroxyl groups is 4. The third-order valence-corrected chi connectivity index (χ3v) is 5.06. The summed E-state index contributed by atoms with van der Waals surface area (Å²) in [7, 11) is 0. The lowest BCUT2D eigenvalue weighted by Gasteiger charge is -2.39. The normalized spacial score (nSPS) is 26.1. The Bertz CT molecular complexity index is 1140. The van der Waals surface area contributed by atoms with Crippen LogP contribution in [-0.2, 0) is 4.74 Å². The molecule has 4 rings (SSSR count). The van der Waals surface area contributed by atoms with E-state index in [0.717, 1.165) is 12.1 Å². The molecule has 1 aromatic heterocycles. The van der Waals surface area contributed by atoms with Crippen LogP contribution < -0.4 is 10.2 Å². The molecule has 2 heterocycles. The van der Waals surface area contributed by atoms with Gasteiger partial charge in [-0.25, -0.2) is 0 Å². The Morgan fingerprint density at radius 3 is 2.26 bits per heavy atom. The highest BCUT2D eigenvalue weighted by Crippen LogP contribution is 2.32. The zero-order chi connectivity index (χ0) is 22.3. The van der Waals surface area contributed by atoms with Gasteiger partial charge in [0.2, 0.25) is 6.29 Å². The van der Waals surface area contributed by atoms with Crippen LogP contribution in [0.4, 0.5) is 0 Å². The highest BCUT2D eigenvalue weighted by Gasteiger charge is 2.44. The highest BCUT2D eigenvalue weighted by molar-refractivity contribution is 5.82. The van der Waals surface area contributed by atoms with Gasteiger partial charge in [0.1, 0.15) is 41.5 Å². The number of aromatic hydroxyl groups is 2. The lowest BCUT2D eigenvalue weighted by Crippen LogP contribution is -2.60. The Morgan fingerprint density at radius 2 is 1.58 bits per heavy atom. The van der Waals surface area contributed by atoms with Crippen molar-refractivity contribution in [3.8, 4) is 28.6 Å². The average Bonchev–Trinajstić information content (AvgIpc) is 2.76. The SMILES string of the molecule is O=c1cc(-c2ccc(O[C@@H]3O[C@H](CO)[C@@H](O)[C@@H](O)[C@H]3O)cc2)oc2cc(O)c(O)cc12. The fourth-order valence-corrected chi connectivity index (χ4v) is 3.32. The summed E-state index contributed by atoms with van der Waals surface area (Å²) in [5.41, 5.74) is 0.195. The molecule has 6 N–H and O–H groups in total. The predicted octanol–water partition coefficient (Wildman–Crippen LogP) is 0.0499. The minimum absolute atomic E-state index is 0.0967. The fourth-order valence-electron chi connectivity index (χ4n) is 3.32. The van der Waals surface area contributed by atoms with Crippen LogP contribution in [0, 0.1) is 0 Å². The summed E-state index contributed by atoms with van der Waals surface area (Å²) in [5, 5.41) is 58.3. The summed E-state index contributed by atoms with van der Waals surface area (Å²) in [6.07, 6.45) is -7.00. The van der Waals surface area contributed by atoms with Gasteiger partial charge in [-0.05, 0) is 30.3 Å². The number of phenols is 2. The van der Waals surface area contributed by atoms with Crippen LogP contribution >= 0.6 is 0 Å². The number of fused-ring (bicyclic) bond motifs is 1. The molecule has 0 aliphatic carbocycles. The second kappa shape index (κ2) is 8.17. The van der Waals surface area contributed by atoms with Crippen molar-refractivity contribution < 1.29 is 44.5 Å².